The van der Waals surface area contributed by atoms with Gasteiger partial charge in [-0.3, -0.25) is 9.69 Å². The number of amides is 1. The molecular formula is C18H22BrNO5. The summed E-state index contributed by atoms with van der Waals surface area (Å²) in [6.07, 6.45) is 0.663. The Morgan fingerprint density at radius 3 is 2.44 bits per heavy atom. The molecule has 0 N–H and O–H groups in total. The summed E-state index contributed by atoms with van der Waals surface area (Å²) in [5.74, 6) is -0.864. The molecule has 0 bridgehead atoms. The van der Waals surface area contributed by atoms with Gasteiger partial charge in [0.25, 0.3) is 0 Å². The summed E-state index contributed by atoms with van der Waals surface area (Å²) in [4.78, 5) is 37.9. The molecule has 0 unspecified atom stereocenters. The number of likely N-dealkylation sites (tertiary alicyclic amines) is 1. The molecule has 1 aromatic carbocycles. The molecule has 0 saturated carbocycles. The van der Waals surface area contributed by atoms with E-state index in [1.807, 2.05) is 0 Å². The smallest absolute Gasteiger partial charge is 0.411 e. The first kappa shape index (κ1) is 19.4. The van der Waals surface area contributed by atoms with Gasteiger partial charge in [-0.25, -0.2) is 9.59 Å². The van der Waals surface area contributed by atoms with Gasteiger partial charge in [0.15, 0.2) is 12.4 Å². The number of nitrogens with zero attached hydrogens (tertiary/aromatic N) is 1. The van der Waals surface area contributed by atoms with Crippen molar-refractivity contribution in [3.8, 4) is 0 Å². The highest BCUT2D eigenvalue weighted by atomic mass is 79.9. The molecule has 2 rings (SSSR count). The Balaban J connectivity index is 1.92. The highest BCUT2D eigenvalue weighted by Gasteiger charge is 2.37. The highest BCUT2D eigenvalue weighted by molar-refractivity contribution is 9.10. The first-order valence-electron chi connectivity index (χ1n) is 8.12. The third kappa shape index (κ3) is 5.56. The molecule has 1 heterocycles. The molecule has 136 valence electrons. The summed E-state index contributed by atoms with van der Waals surface area (Å²) in [6.45, 7) is 5.40. The molecule has 1 atom stereocenters. The van der Waals surface area contributed by atoms with E-state index in [2.05, 4.69) is 15.9 Å². The number of hydrogen-bond acceptors (Lipinski definition) is 5. The molecule has 1 amide bonds. The van der Waals surface area contributed by atoms with Crippen molar-refractivity contribution in [1.82, 2.24) is 4.90 Å². The molecule has 0 aromatic heterocycles. The number of carbonyl (C=O) groups excluding carboxylic acids is 3. The Morgan fingerprint density at radius 1 is 1.20 bits per heavy atom. The van der Waals surface area contributed by atoms with Crippen LogP contribution in [-0.2, 0) is 14.3 Å². The van der Waals surface area contributed by atoms with Crippen LogP contribution in [0.15, 0.2) is 28.7 Å². The summed E-state index contributed by atoms with van der Waals surface area (Å²) in [6, 6.07) is 6.10. The second kappa shape index (κ2) is 7.99. The number of Topliss-reactive ketones (excluding diaryl/α,β-unsaturated/α-hetero) is 1. The molecule has 0 aliphatic carbocycles. The average Bonchev–Trinajstić information content (AvgIpc) is 3.01. The van der Waals surface area contributed by atoms with Crippen LogP contribution >= 0.6 is 15.9 Å². The van der Waals surface area contributed by atoms with Crippen LogP contribution in [0.3, 0.4) is 0 Å². The van der Waals surface area contributed by atoms with Crippen LogP contribution in [0, 0.1) is 0 Å². The number of rotatable bonds is 4. The molecular weight excluding hydrogens is 390 g/mol. The van der Waals surface area contributed by atoms with Crippen molar-refractivity contribution >= 4 is 33.8 Å². The standard InChI is InChI=1S/C18H22BrNO5/c1-18(2,3)25-17(23)20-10-4-5-14(20)16(22)24-11-15(21)12-6-8-13(19)9-7-12/h6-9,14H,4-5,10-11H2,1-3H3/t14-/m1/s1. The fourth-order valence-electron chi connectivity index (χ4n) is 2.50. The zero-order valence-corrected chi connectivity index (χ0v) is 16.2. The maximum atomic E-state index is 12.3. The quantitative estimate of drug-likeness (QED) is 0.559. The van der Waals surface area contributed by atoms with Crippen LogP contribution in [-0.4, -0.2) is 47.5 Å². The first-order valence-corrected chi connectivity index (χ1v) is 8.92. The largest absolute Gasteiger partial charge is 0.456 e. The predicted molar refractivity (Wildman–Crippen MR) is 95.4 cm³/mol. The number of halogens is 1. The van der Waals surface area contributed by atoms with Gasteiger partial charge in [0.2, 0.25) is 0 Å². The number of hydrogen-bond donors (Lipinski definition) is 0. The molecule has 1 fully saturated rings. The van der Waals surface area contributed by atoms with Crippen molar-refractivity contribution in [2.75, 3.05) is 13.2 Å². The summed E-state index contributed by atoms with van der Waals surface area (Å²) < 4.78 is 11.3. The lowest BCUT2D eigenvalue weighted by Gasteiger charge is -2.27. The summed E-state index contributed by atoms with van der Waals surface area (Å²) >= 11 is 3.30. The lowest BCUT2D eigenvalue weighted by molar-refractivity contribution is -0.147. The van der Waals surface area contributed by atoms with Gasteiger partial charge < -0.3 is 9.47 Å². The van der Waals surface area contributed by atoms with Crippen molar-refractivity contribution in [3.05, 3.63) is 34.3 Å². The Morgan fingerprint density at radius 2 is 1.84 bits per heavy atom. The lowest BCUT2D eigenvalue weighted by Crippen LogP contribution is -2.44. The van der Waals surface area contributed by atoms with E-state index in [-0.39, 0.29) is 12.4 Å². The number of ketones is 1. The van der Waals surface area contributed by atoms with E-state index in [0.717, 1.165) is 4.47 Å². The SMILES string of the molecule is CC(C)(C)OC(=O)N1CCC[C@@H]1C(=O)OCC(=O)c1ccc(Br)cc1. The molecule has 1 saturated heterocycles. The van der Waals surface area contributed by atoms with Crippen LogP contribution in [0.1, 0.15) is 44.0 Å². The predicted octanol–water partition coefficient (Wildman–Crippen LogP) is 3.57. The minimum Gasteiger partial charge on any atom is -0.456 e. The van der Waals surface area contributed by atoms with Gasteiger partial charge in [0.1, 0.15) is 11.6 Å². The third-order valence-electron chi connectivity index (χ3n) is 3.66. The Bertz CT molecular complexity index is 650. The van der Waals surface area contributed by atoms with Crippen LogP contribution < -0.4 is 0 Å². The van der Waals surface area contributed by atoms with Crippen molar-refractivity contribution in [1.29, 1.82) is 0 Å². The van der Waals surface area contributed by atoms with E-state index in [9.17, 15) is 14.4 Å². The second-order valence-corrected chi connectivity index (χ2v) is 7.79. The van der Waals surface area contributed by atoms with Crippen LogP contribution in [0.4, 0.5) is 4.79 Å². The fourth-order valence-corrected chi connectivity index (χ4v) is 2.77. The highest BCUT2D eigenvalue weighted by Crippen LogP contribution is 2.22. The van der Waals surface area contributed by atoms with Crippen LogP contribution in [0.2, 0.25) is 0 Å². The van der Waals surface area contributed by atoms with E-state index in [0.29, 0.717) is 24.9 Å². The van der Waals surface area contributed by atoms with Gasteiger partial charge in [0, 0.05) is 16.6 Å². The van der Waals surface area contributed by atoms with E-state index >= 15 is 0 Å². The van der Waals surface area contributed by atoms with Crippen molar-refractivity contribution in [2.24, 2.45) is 0 Å². The van der Waals surface area contributed by atoms with Gasteiger partial charge >= 0.3 is 12.1 Å². The normalized spacial score (nSPS) is 17.3. The van der Waals surface area contributed by atoms with Gasteiger partial charge in [-0.2, -0.15) is 0 Å². The maximum absolute atomic E-state index is 12.3. The zero-order valence-electron chi connectivity index (χ0n) is 14.6. The molecule has 1 aliphatic heterocycles. The lowest BCUT2D eigenvalue weighted by atomic mass is 10.1. The Kier molecular flexibility index (Phi) is 6.21. The van der Waals surface area contributed by atoms with Gasteiger partial charge in [-0.15, -0.1) is 0 Å². The third-order valence-corrected chi connectivity index (χ3v) is 4.19. The molecule has 1 aliphatic rings. The monoisotopic (exact) mass is 411 g/mol. The molecule has 0 radical (unpaired) electrons. The molecule has 1 aromatic rings. The van der Waals surface area contributed by atoms with Gasteiger partial charge in [0.05, 0.1) is 0 Å². The van der Waals surface area contributed by atoms with Gasteiger partial charge in [-0.05, 0) is 45.7 Å². The van der Waals surface area contributed by atoms with Gasteiger partial charge in [-0.1, -0.05) is 28.1 Å². The number of ether oxygens (including phenoxy) is 2. The maximum Gasteiger partial charge on any atom is 0.411 e. The fraction of sp³-hybridized carbons (Fsp3) is 0.500. The molecule has 25 heavy (non-hydrogen) atoms. The second-order valence-electron chi connectivity index (χ2n) is 6.87. The number of carbonyl (C=O) groups is 3. The van der Waals surface area contributed by atoms with Crippen molar-refractivity contribution in [2.45, 2.75) is 45.3 Å². The number of esters is 1. The topological polar surface area (TPSA) is 72.9 Å². The zero-order chi connectivity index (χ0) is 18.6. The summed E-state index contributed by atoms with van der Waals surface area (Å²) in [5, 5.41) is 0. The minimum atomic E-state index is -0.701. The summed E-state index contributed by atoms with van der Waals surface area (Å²) in [5.41, 5.74) is -0.169. The van der Waals surface area contributed by atoms with E-state index in [1.165, 1.54) is 4.90 Å². The number of benzene rings is 1. The average molecular weight is 412 g/mol. The molecule has 0 spiro atoms. The van der Waals surface area contributed by atoms with Crippen molar-refractivity contribution < 1.29 is 23.9 Å². The molecule has 7 heteroatoms. The minimum absolute atomic E-state index is 0.289. The van der Waals surface area contributed by atoms with Crippen LogP contribution in [0.25, 0.3) is 0 Å². The van der Waals surface area contributed by atoms with E-state index in [4.69, 9.17) is 9.47 Å². The molecule has 6 nitrogen and oxygen atoms in total. The summed E-state index contributed by atoms with van der Waals surface area (Å²) in [7, 11) is 0. The Hall–Kier alpha value is -1.89. The van der Waals surface area contributed by atoms with E-state index < -0.39 is 23.7 Å². The van der Waals surface area contributed by atoms with E-state index in [1.54, 1.807) is 45.0 Å². The first-order chi connectivity index (χ1) is 11.7. The van der Waals surface area contributed by atoms with Crippen molar-refractivity contribution in [3.63, 3.8) is 0 Å². The van der Waals surface area contributed by atoms with Crippen LogP contribution in [0.5, 0.6) is 0 Å². The Labute approximate surface area is 155 Å².